The van der Waals surface area contributed by atoms with Crippen molar-refractivity contribution in [1.82, 2.24) is 4.47 Å². The first-order valence-corrected chi connectivity index (χ1v) is 10.1. The van der Waals surface area contributed by atoms with Crippen LogP contribution < -0.4 is 0 Å². The molecule has 0 aliphatic rings. The summed E-state index contributed by atoms with van der Waals surface area (Å²) in [5.41, 5.74) is 0.735. The summed E-state index contributed by atoms with van der Waals surface area (Å²) in [6, 6.07) is 9.09. The smallest absolute Gasteiger partial charge is 0.240 e. The van der Waals surface area contributed by atoms with E-state index >= 15 is 0 Å². The third-order valence-corrected chi connectivity index (χ3v) is 5.16. The van der Waals surface area contributed by atoms with E-state index in [1.807, 2.05) is 38.3 Å². The Labute approximate surface area is 138 Å². The summed E-state index contributed by atoms with van der Waals surface area (Å²) in [6.45, 7) is 4.14. The number of nitrogens with zero attached hydrogens (tertiary/aromatic N) is 1. The molecule has 0 fully saturated rings. The van der Waals surface area contributed by atoms with Crippen molar-refractivity contribution in [1.29, 1.82) is 0 Å². The molecule has 7 heteroatoms. The van der Waals surface area contributed by atoms with E-state index in [0.29, 0.717) is 12.3 Å². The molecule has 22 heavy (non-hydrogen) atoms. The maximum atomic E-state index is 12.6. The molecule has 0 spiro atoms. The highest BCUT2D eigenvalue weighted by Crippen LogP contribution is 2.17. The van der Waals surface area contributed by atoms with E-state index in [1.54, 1.807) is 23.9 Å². The van der Waals surface area contributed by atoms with Crippen molar-refractivity contribution in [2.75, 3.05) is 25.7 Å². The summed E-state index contributed by atoms with van der Waals surface area (Å²) in [7, 11) is -2.05. The summed E-state index contributed by atoms with van der Waals surface area (Å²) in [6.07, 6.45) is 1.34. The second-order valence-corrected chi connectivity index (χ2v) is 8.06. The molecule has 0 amide bonds. The van der Waals surface area contributed by atoms with Crippen molar-refractivity contribution in [2.45, 2.75) is 25.9 Å². The van der Waals surface area contributed by atoms with E-state index in [4.69, 9.17) is 9.57 Å². The van der Waals surface area contributed by atoms with Crippen LogP contribution in [0.2, 0.25) is 0 Å². The van der Waals surface area contributed by atoms with Gasteiger partial charge in [-0.1, -0.05) is 48.6 Å². The molecule has 0 heterocycles. The average molecular weight is 348 g/mol. The van der Waals surface area contributed by atoms with Gasteiger partial charge in [0.15, 0.2) is 6.29 Å². The predicted molar refractivity (Wildman–Crippen MR) is 90.9 cm³/mol. The lowest BCUT2D eigenvalue weighted by atomic mass is 10.2. The zero-order valence-corrected chi connectivity index (χ0v) is 15.2. The van der Waals surface area contributed by atoms with Crippen LogP contribution in [0, 0.1) is 5.92 Å². The fourth-order valence-corrected chi connectivity index (χ4v) is 3.64. The van der Waals surface area contributed by atoms with Gasteiger partial charge in [0.05, 0.1) is 5.75 Å². The molecule has 1 aromatic rings. The Balaban J connectivity index is 2.88. The van der Waals surface area contributed by atoms with Crippen LogP contribution in [0.5, 0.6) is 0 Å². The Morgan fingerprint density at radius 3 is 2.36 bits per heavy atom. The summed E-state index contributed by atoms with van der Waals surface area (Å²) in [5, 5.41) is 0. The van der Waals surface area contributed by atoms with E-state index in [2.05, 4.69) is 0 Å². The molecular formula is C15H25NO4S2. The van der Waals surface area contributed by atoms with Crippen molar-refractivity contribution >= 4 is 21.8 Å². The second kappa shape index (κ2) is 9.52. The number of hydroxylamine groups is 1. The third-order valence-electron chi connectivity index (χ3n) is 2.98. The molecular weight excluding hydrogens is 322 g/mol. The van der Waals surface area contributed by atoms with Crippen LogP contribution in [0.25, 0.3) is 0 Å². The lowest BCUT2D eigenvalue weighted by molar-refractivity contribution is -0.245. The van der Waals surface area contributed by atoms with Crippen LogP contribution in [0.3, 0.4) is 0 Å². The minimum atomic E-state index is -3.57. The topological polar surface area (TPSA) is 55.8 Å². The van der Waals surface area contributed by atoms with E-state index in [9.17, 15) is 8.42 Å². The van der Waals surface area contributed by atoms with Gasteiger partial charge in [-0.2, -0.15) is 11.8 Å². The zero-order valence-electron chi connectivity index (χ0n) is 13.6. The number of hydrogen-bond acceptors (Lipinski definition) is 5. The molecule has 126 valence electrons. The first kappa shape index (κ1) is 19.4. The van der Waals surface area contributed by atoms with Gasteiger partial charge in [0, 0.05) is 25.3 Å². The number of sulfonamides is 1. The number of thioether (sulfide) groups is 1. The molecule has 0 saturated heterocycles. The Bertz CT molecular complexity index is 520. The van der Waals surface area contributed by atoms with Crippen LogP contribution >= 0.6 is 11.8 Å². The molecule has 0 aliphatic carbocycles. The van der Waals surface area contributed by atoms with Gasteiger partial charge >= 0.3 is 0 Å². The van der Waals surface area contributed by atoms with E-state index < -0.39 is 16.3 Å². The van der Waals surface area contributed by atoms with Gasteiger partial charge in [0.2, 0.25) is 10.0 Å². The molecule has 0 radical (unpaired) electrons. The summed E-state index contributed by atoms with van der Waals surface area (Å²) < 4.78 is 31.5. The number of methoxy groups -OCH3 is 1. The molecule has 0 aromatic heterocycles. The van der Waals surface area contributed by atoms with Gasteiger partial charge in [-0.25, -0.2) is 8.42 Å². The first-order chi connectivity index (χ1) is 10.4. The highest BCUT2D eigenvalue weighted by molar-refractivity contribution is 7.98. The molecule has 1 rings (SSSR count). The van der Waals surface area contributed by atoms with Gasteiger partial charge in [-0.05, 0) is 11.8 Å². The van der Waals surface area contributed by atoms with Crippen molar-refractivity contribution in [3.05, 3.63) is 35.9 Å². The molecule has 1 unspecified atom stereocenters. The van der Waals surface area contributed by atoms with Crippen LogP contribution in [0.4, 0.5) is 0 Å². The molecule has 1 atom stereocenters. The van der Waals surface area contributed by atoms with Gasteiger partial charge in [-0.15, -0.1) is 0 Å². The number of ether oxygens (including phenoxy) is 1. The molecule has 0 aliphatic heterocycles. The van der Waals surface area contributed by atoms with E-state index in [0.717, 1.165) is 10.0 Å². The minimum Gasteiger partial charge on any atom is -0.354 e. The SMILES string of the molecule is COC(ON(CCSC)S(=O)(=O)Cc1ccccc1)C(C)C. The predicted octanol–water partition coefficient (Wildman–Crippen LogP) is 2.74. The maximum absolute atomic E-state index is 12.6. The summed E-state index contributed by atoms with van der Waals surface area (Å²) in [5.74, 6) is 0.618. The quantitative estimate of drug-likeness (QED) is 0.481. The Morgan fingerprint density at radius 2 is 1.86 bits per heavy atom. The fraction of sp³-hybridized carbons (Fsp3) is 0.600. The zero-order chi connectivity index (χ0) is 16.6. The molecule has 0 bridgehead atoms. The number of rotatable bonds is 10. The van der Waals surface area contributed by atoms with Crippen LogP contribution in [-0.4, -0.2) is 44.8 Å². The van der Waals surface area contributed by atoms with Crippen molar-refractivity contribution in [3.8, 4) is 0 Å². The molecule has 0 saturated carbocycles. The van der Waals surface area contributed by atoms with Gasteiger partial charge in [0.25, 0.3) is 0 Å². The summed E-state index contributed by atoms with van der Waals surface area (Å²) >= 11 is 1.57. The lowest BCUT2D eigenvalue weighted by Gasteiger charge is -2.27. The average Bonchev–Trinajstić information content (AvgIpc) is 2.47. The molecule has 0 N–H and O–H groups in total. The normalized spacial score (nSPS) is 13.7. The van der Waals surface area contributed by atoms with E-state index in [-0.39, 0.29) is 11.7 Å². The first-order valence-electron chi connectivity index (χ1n) is 7.13. The fourth-order valence-electron chi connectivity index (χ4n) is 1.83. The van der Waals surface area contributed by atoms with Crippen molar-refractivity contribution in [2.24, 2.45) is 5.92 Å². The van der Waals surface area contributed by atoms with Crippen LogP contribution in [0.15, 0.2) is 30.3 Å². The maximum Gasteiger partial charge on any atom is 0.240 e. The Kier molecular flexibility index (Phi) is 8.41. The number of benzene rings is 1. The lowest BCUT2D eigenvalue weighted by Crippen LogP contribution is -2.40. The van der Waals surface area contributed by atoms with Gasteiger partial charge < -0.3 is 4.74 Å². The largest absolute Gasteiger partial charge is 0.354 e. The van der Waals surface area contributed by atoms with Gasteiger partial charge in [0.1, 0.15) is 0 Å². The standard InChI is InChI=1S/C15H25NO4S2/c1-13(2)15(19-3)20-16(10-11-21-4)22(17,18)12-14-8-6-5-7-9-14/h5-9,13,15H,10-12H2,1-4H3. The van der Waals surface area contributed by atoms with Crippen molar-refractivity contribution in [3.63, 3.8) is 0 Å². The Morgan fingerprint density at radius 1 is 1.23 bits per heavy atom. The number of hydrogen-bond donors (Lipinski definition) is 0. The van der Waals surface area contributed by atoms with Crippen molar-refractivity contribution < 1.29 is 18.0 Å². The second-order valence-electron chi connectivity index (χ2n) is 5.21. The van der Waals surface area contributed by atoms with E-state index in [1.165, 1.54) is 7.11 Å². The highest BCUT2D eigenvalue weighted by Gasteiger charge is 2.27. The highest BCUT2D eigenvalue weighted by atomic mass is 32.2. The Hall–Kier alpha value is -0.600. The van der Waals surface area contributed by atoms with Crippen LogP contribution in [-0.2, 0) is 25.4 Å². The molecule has 1 aromatic carbocycles. The summed E-state index contributed by atoms with van der Waals surface area (Å²) in [4.78, 5) is 5.61. The monoisotopic (exact) mass is 347 g/mol. The molecule has 5 nitrogen and oxygen atoms in total. The van der Waals surface area contributed by atoms with Gasteiger partial charge in [-0.3, -0.25) is 4.84 Å². The minimum absolute atomic E-state index is 0.0497. The third kappa shape index (κ3) is 6.26. The van der Waals surface area contributed by atoms with Crippen LogP contribution in [0.1, 0.15) is 19.4 Å².